The number of fused-ring (bicyclic) bond motifs is 1. The zero-order chi connectivity index (χ0) is 24.5. The monoisotopic (exact) mass is 484 g/mol. The molecule has 0 bridgehead atoms. The molecule has 2 unspecified atom stereocenters. The molecule has 3 aromatic rings. The molecule has 2 fully saturated rings. The Bertz CT molecular complexity index is 1230. The number of piperazine rings is 1. The van der Waals surface area contributed by atoms with Crippen LogP contribution < -0.4 is 19.7 Å². The van der Waals surface area contributed by atoms with Gasteiger partial charge in [-0.3, -0.25) is 0 Å². The Morgan fingerprint density at radius 2 is 2.00 bits per heavy atom. The number of halogens is 2. The second kappa shape index (κ2) is 9.87. The summed E-state index contributed by atoms with van der Waals surface area (Å²) in [6.45, 7) is 5.81. The highest BCUT2D eigenvalue weighted by Gasteiger charge is 2.27. The van der Waals surface area contributed by atoms with Crippen LogP contribution in [0.3, 0.4) is 0 Å². The molecule has 4 heterocycles. The fourth-order valence-electron chi connectivity index (χ4n) is 4.87. The summed E-state index contributed by atoms with van der Waals surface area (Å²) in [7, 11) is 3.49. The van der Waals surface area contributed by atoms with Crippen molar-refractivity contribution >= 4 is 16.9 Å². The average Bonchev–Trinajstić information content (AvgIpc) is 3.27. The van der Waals surface area contributed by atoms with E-state index >= 15 is 4.39 Å². The summed E-state index contributed by atoms with van der Waals surface area (Å²) in [6, 6.07) is 6.27. The van der Waals surface area contributed by atoms with Crippen molar-refractivity contribution in [3.05, 3.63) is 35.9 Å². The number of rotatable bonds is 6. The number of nitrogens with one attached hydrogen (secondary N) is 1. The Morgan fingerprint density at radius 1 is 1.14 bits per heavy atom. The lowest BCUT2D eigenvalue weighted by atomic mass is 10.1. The van der Waals surface area contributed by atoms with Gasteiger partial charge in [-0.15, -0.1) is 0 Å². The number of nitrogens with zero attached hydrogens (tertiary/aromatic N) is 5. The predicted molar refractivity (Wildman–Crippen MR) is 130 cm³/mol. The van der Waals surface area contributed by atoms with Crippen molar-refractivity contribution < 1.29 is 18.3 Å². The molecule has 2 aliphatic rings. The van der Waals surface area contributed by atoms with E-state index in [1.807, 2.05) is 0 Å². The van der Waals surface area contributed by atoms with Gasteiger partial charge in [0.1, 0.15) is 29.7 Å². The SMILES string of the molecule is COc1cccc(F)c1-c1nc2nc(OCC3CCCN3C)nc(N3CCNCC3C)c2cc1F. The van der Waals surface area contributed by atoms with Crippen LogP contribution in [0.25, 0.3) is 22.3 Å². The number of hydrogen-bond acceptors (Lipinski definition) is 8. The smallest absolute Gasteiger partial charge is 0.320 e. The standard InChI is InChI=1S/C25H30F2N6O2/c1-15-13-28-9-11-33(15)24-17-12-19(27)22(21-18(26)7-4-8-20(21)34-3)29-23(17)30-25(31-24)35-14-16-6-5-10-32(16)2/h4,7-8,12,15-16,28H,5-6,9-11,13-14H2,1-3H3. The van der Waals surface area contributed by atoms with E-state index in [1.165, 1.54) is 25.3 Å². The van der Waals surface area contributed by atoms with E-state index in [9.17, 15) is 4.39 Å². The summed E-state index contributed by atoms with van der Waals surface area (Å²) in [5, 5.41) is 3.82. The molecule has 0 spiro atoms. The molecule has 10 heteroatoms. The number of likely N-dealkylation sites (N-methyl/N-ethyl adjacent to an activating group) is 1. The Labute approximate surface area is 203 Å². The highest BCUT2D eigenvalue weighted by atomic mass is 19.1. The van der Waals surface area contributed by atoms with Gasteiger partial charge < -0.3 is 24.6 Å². The third-order valence-corrected chi connectivity index (χ3v) is 6.88. The third-order valence-electron chi connectivity index (χ3n) is 6.88. The molecular formula is C25H30F2N6O2. The van der Waals surface area contributed by atoms with Crippen LogP contribution in [0.4, 0.5) is 14.6 Å². The van der Waals surface area contributed by atoms with Crippen LogP contribution in [0.2, 0.25) is 0 Å². The summed E-state index contributed by atoms with van der Waals surface area (Å²) in [4.78, 5) is 18.1. The van der Waals surface area contributed by atoms with E-state index in [4.69, 9.17) is 14.5 Å². The fraction of sp³-hybridized carbons (Fsp3) is 0.480. The lowest BCUT2D eigenvalue weighted by Gasteiger charge is -2.35. The Hall–Kier alpha value is -3.11. The number of likely N-dealkylation sites (tertiary alicyclic amines) is 1. The first-order valence-corrected chi connectivity index (χ1v) is 12.0. The number of benzene rings is 1. The summed E-state index contributed by atoms with van der Waals surface area (Å²) in [6.07, 6.45) is 2.17. The summed E-state index contributed by atoms with van der Waals surface area (Å²) < 4.78 is 41.5. The molecule has 2 aliphatic heterocycles. The van der Waals surface area contributed by atoms with Crippen LogP contribution in [0.1, 0.15) is 19.8 Å². The van der Waals surface area contributed by atoms with Crippen LogP contribution in [0, 0.1) is 11.6 Å². The molecule has 0 aliphatic carbocycles. The van der Waals surface area contributed by atoms with E-state index in [-0.39, 0.29) is 40.7 Å². The summed E-state index contributed by atoms with van der Waals surface area (Å²) >= 11 is 0. The van der Waals surface area contributed by atoms with Gasteiger partial charge in [0.2, 0.25) is 0 Å². The van der Waals surface area contributed by atoms with Gasteiger partial charge in [-0.2, -0.15) is 9.97 Å². The fourth-order valence-corrected chi connectivity index (χ4v) is 4.87. The van der Waals surface area contributed by atoms with Crippen LogP contribution >= 0.6 is 0 Å². The van der Waals surface area contributed by atoms with Gasteiger partial charge >= 0.3 is 6.01 Å². The van der Waals surface area contributed by atoms with Gasteiger partial charge in [0.15, 0.2) is 11.5 Å². The molecule has 8 nitrogen and oxygen atoms in total. The molecular weight excluding hydrogens is 454 g/mol. The van der Waals surface area contributed by atoms with Gasteiger partial charge in [-0.05, 0) is 51.6 Å². The van der Waals surface area contributed by atoms with Crippen molar-refractivity contribution in [3.63, 3.8) is 0 Å². The molecule has 0 saturated carbocycles. The molecule has 2 aromatic heterocycles. The molecule has 0 amide bonds. The maximum absolute atomic E-state index is 15.4. The second-order valence-corrected chi connectivity index (χ2v) is 9.17. The van der Waals surface area contributed by atoms with E-state index in [1.54, 1.807) is 6.07 Å². The molecule has 5 rings (SSSR count). The number of ether oxygens (including phenoxy) is 2. The first-order chi connectivity index (χ1) is 17.0. The lowest BCUT2D eigenvalue weighted by Crippen LogP contribution is -2.50. The van der Waals surface area contributed by atoms with E-state index in [2.05, 4.69) is 39.1 Å². The summed E-state index contributed by atoms with van der Waals surface area (Å²) in [5.41, 5.74) is 0.0457. The minimum absolute atomic E-state index is 0.0415. The van der Waals surface area contributed by atoms with E-state index in [0.717, 1.165) is 32.5 Å². The molecule has 1 aromatic carbocycles. The number of methoxy groups -OCH3 is 1. The van der Waals surface area contributed by atoms with Gasteiger partial charge in [-0.25, -0.2) is 13.8 Å². The van der Waals surface area contributed by atoms with Gasteiger partial charge in [0, 0.05) is 31.7 Å². The maximum Gasteiger partial charge on any atom is 0.320 e. The molecule has 2 atom stereocenters. The molecule has 186 valence electrons. The second-order valence-electron chi connectivity index (χ2n) is 9.17. The third kappa shape index (κ3) is 4.60. The predicted octanol–water partition coefficient (Wildman–Crippen LogP) is 3.25. The van der Waals surface area contributed by atoms with Crippen molar-refractivity contribution in [2.45, 2.75) is 31.8 Å². The van der Waals surface area contributed by atoms with Crippen molar-refractivity contribution in [1.29, 1.82) is 0 Å². The largest absolute Gasteiger partial charge is 0.496 e. The Balaban J connectivity index is 1.62. The average molecular weight is 485 g/mol. The molecule has 2 saturated heterocycles. The van der Waals surface area contributed by atoms with E-state index < -0.39 is 11.6 Å². The minimum atomic E-state index is -0.671. The van der Waals surface area contributed by atoms with Gasteiger partial charge in [-0.1, -0.05) is 6.07 Å². The first-order valence-electron chi connectivity index (χ1n) is 12.0. The number of hydrogen-bond donors (Lipinski definition) is 1. The Kier molecular flexibility index (Phi) is 6.66. The highest BCUT2D eigenvalue weighted by molar-refractivity contribution is 5.90. The minimum Gasteiger partial charge on any atom is -0.496 e. The first kappa shape index (κ1) is 23.6. The summed E-state index contributed by atoms with van der Waals surface area (Å²) in [5.74, 6) is -0.533. The quantitative estimate of drug-likeness (QED) is 0.572. The lowest BCUT2D eigenvalue weighted by molar-refractivity contribution is 0.188. The van der Waals surface area contributed by atoms with Gasteiger partial charge in [0.05, 0.1) is 18.1 Å². The number of aromatic nitrogens is 3. The van der Waals surface area contributed by atoms with Crippen LogP contribution in [-0.4, -0.2) is 78.9 Å². The highest BCUT2D eigenvalue weighted by Crippen LogP contribution is 2.36. The van der Waals surface area contributed by atoms with Crippen LogP contribution in [-0.2, 0) is 0 Å². The Morgan fingerprint density at radius 3 is 2.74 bits per heavy atom. The zero-order valence-electron chi connectivity index (χ0n) is 20.2. The van der Waals surface area contributed by atoms with Crippen molar-refractivity contribution in [3.8, 4) is 23.0 Å². The number of anilines is 1. The zero-order valence-corrected chi connectivity index (χ0v) is 20.2. The van der Waals surface area contributed by atoms with Crippen molar-refractivity contribution in [2.75, 3.05) is 51.8 Å². The van der Waals surface area contributed by atoms with E-state index in [0.29, 0.717) is 24.4 Å². The van der Waals surface area contributed by atoms with Crippen molar-refractivity contribution in [1.82, 2.24) is 25.2 Å². The van der Waals surface area contributed by atoms with Gasteiger partial charge in [0.25, 0.3) is 0 Å². The molecule has 35 heavy (non-hydrogen) atoms. The number of pyridine rings is 1. The molecule has 1 N–H and O–H groups in total. The van der Waals surface area contributed by atoms with Crippen LogP contribution in [0.5, 0.6) is 11.8 Å². The van der Waals surface area contributed by atoms with Crippen LogP contribution in [0.15, 0.2) is 24.3 Å². The van der Waals surface area contributed by atoms with Crippen molar-refractivity contribution in [2.24, 2.45) is 0 Å². The normalized spacial score (nSPS) is 21.0. The topological polar surface area (TPSA) is 75.6 Å². The molecule has 0 radical (unpaired) electrons. The maximum atomic E-state index is 15.4.